The summed E-state index contributed by atoms with van der Waals surface area (Å²) in [4.78, 5) is 0.143. The largest absolute Gasteiger partial charge is 0.224 e. The van der Waals surface area contributed by atoms with Crippen LogP contribution in [0.1, 0.15) is 6.42 Å². The number of sulfone groups is 1. The second-order valence-electron chi connectivity index (χ2n) is 2.82. The lowest BCUT2D eigenvalue weighted by molar-refractivity contribution is 0.593. The minimum Gasteiger partial charge on any atom is -0.224 e. The first-order valence-electron chi connectivity index (χ1n) is 4.10. The molecule has 0 aliphatic heterocycles. The monoisotopic (exact) mass is 236 g/mol. The van der Waals surface area contributed by atoms with E-state index < -0.39 is 15.7 Å². The Morgan fingerprint density at radius 2 is 1.79 bits per heavy atom. The van der Waals surface area contributed by atoms with Crippen LogP contribution in [0, 0.1) is 5.82 Å². The maximum atomic E-state index is 12.5. The van der Waals surface area contributed by atoms with Crippen LogP contribution in [-0.4, -0.2) is 20.1 Å². The molecule has 1 aromatic rings. The van der Waals surface area contributed by atoms with E-state index in [1.54, 1.807) is 0 Å². The molecule has 0 heterocycles. The zero-order valence-electron chi connectivity index (χ0n) is 7.41. The third kappa shape index (κ3) is 2.96. The summed E-state index contributed by atoms with van der Waals surface area (Å²) in [6, 6.07) is 4.79. The molecular formula is C9H10ClFO2S. The summed E-state index contributed by atoms with van der Waals surface area (Å²) in [5.41, 5.74) is 0. The predicted molar refractivity (Wildman–Crippen MR) is 53.8 cm³/mol. The average molecular weight is 237 g/mol. The zero-order valence-corrected chi connectivity index (χ0v) is 8.98. The molecule has 78 valence electrons. The average Bonchev–Trinajstić information content (AvgIpc) is 2.16. The summed E-state index contributed by atoms with van der Waals surface area (Å²) in [5.74, 6) is -0.135. The van der Waals surface area contributed by atoms with Crippen molar-refractivity contribution in [3.05, 3.63) is 30.1 Å². The van der Waals surface area contributed by atoms with Gasteiger partial charge in [-0.05, 0) is 30.7 Å². The van der Waals surface area contributed by atoms with E-state index in [9.17, 15) is 12.8 Å². The molecular weight excluding hydrogens is 227 g/mol. The number of halogens is 2. The van der Waals surface area contributed by atoms with Gasteiger partial charge in [-0.2, -0.15) is 0 Å². The highest BCUT2D eigenvalue weighted by Gasteiger charge is 2.13. The van der Waals surface area contributed by atoms with Gasteiger partial charge in [0.25, 0.3) is 0 Å². The Morgan fingerprint density at radius 3 is 2.29 bits per heavy atom. The molecule has 0 spiro atoms. The number of hydrogen-bond acceptors (Lipinski definition) is 2. The molecule has 0 fully saturated rings. The fraction of sp³-hybridized carbons (Fsp3) is 0.333. The molecule has 0 amide bonds. The van der Waals surface area contributed by atoms with Crippen molar-refractivity contribution in [1.29, 1.82) is 0 Å². The Bertz CT molecular complexity index is 386. The topological polar surface area (TPSA) is 34.1 Å². The van der Waals surface area contributed by atoms with Crippen LogP contribution in [0.15, 0.2) is 29.2 Å². The van der Waals surface area contributed by atoms with Gasteiger partial charge < -0.3 is 0 Å². The summed E-state index contributed by atoms with van der Waals surface area (Å²) < 4.78 is 35.6. The van der Waals surface area contributed by atoms with E-state index >= 15 is 0 Å². The van der Waals surface area contributed by atoms with E-state index in [1.165, 1.54) is 12.1 Å². The molecule has 0 bridgehead atoms. The van der Waals surface area contributed by atoms with Gasteiger partial charge in [0, 0.05) is 5.88 Å². The van der Waals surface area contributed by atoms with E-state index in [-0.39, 0.29) is 10.6 Å². The number of benzene rings is 1. The van der Waals surface area contributed by atoms with Gasteiger partial charge in [0.15, 0.2) is 9.84 Å². The van der Waals surface area contributed by atoms with Crippen LogP contribution >= 0.6 is 11.6 Å². The van der Waals surface area contributed by atoms with E-state index in [0.717, 1.165) is 12.1 Å². The van der Waals surface area contributed by atoms with Crippen LogP contribution in [-0.2, 0) is 9.84 Å². The van der Waals surface area contributed by atoms with Crippen molar-refractivity contribution < 1.29 is 12.8 Å². The van der Waals surface area contributed by atoms with Crippen molar-refractivity contribution in [3.63, 3.8) is 0 Å². The third-order valence-corrected chi connectivity index (χ3v) is 3.80. The highest BCUT2D eigenvalue weighted by Crippen LogP contribution is 2.12. The van der Waals surface area contributed by atoms with Gasteiger partial charge >= 0.3 is 0 Å². The Balaban J connectivity index is 2.87. The summed E-state index contributed by atoms with van der Waals surface area (Å²) in [5, 5.41) is 0. The number of rotatable bonds is 4. The van der Waals surface area contributed by atoms with E-state index in [1.807, 2.05) is 0 Å². The molecule has 5 heteroatoms. The highest BCUT2D eigenvalue weighted by atomic mass is 35.5. The fourth-order valence-electron chi connectivity index (χ4n) is 1.00. The molecule has 0 unspecified atom stereocenters. The standard InChI is InChI=1S/C9H10ClFO2S/c10-6-1-7-14(12,13)9-4-2-8(11)3-5-9/h2-5H,1,6-7H2. The molecule has 0 atom stereocenters. The minimum absolute atomic E-state index is 0.00212. The second-order valence-corrected chi connectivity index (χ2v) is 5.30. The Labute approximate surface area is 87.6 Å². The zero-order chi connectivity index (χ0) is 10.6. The lowest BCUT2D eigenvalue weighted by atomic mass is 10.4. The quantitative estimate of drug-likeness (QED) is 0.594. The first-order valence-corrected chi connectivity index (χ1v) is 6.29. The van der Waals surface area contributed by atoms with Gasteiger partial charge in [-0.25, -0.2) is 12.8 Å². The first-order chi connectivity index (χ1) is 6.56. The maximum absolute atomic E-state index is 12.5. The predicted octanol–water partition coefficient (Wildman–Crippen LogP) is 2.23. The lowest BCUT2D eigenvalue weighted by Gasteiger charge is -2.02. The van der Waals surface area contributed by atoms with Crippen LogP contribution < -0.4 is 0 Å². The van der Waals surface area contributed by atoms with Crippen molar-refractivity contribution >= 4 is 21.4 Å². The number of alkyl halides is 1. The Morgan fingerprint density at radius 1 is 1.21 bits per heavy atom. The normalized spacial score (nSPS) is 11.6. The van der Waals surface area contributed by atoms with Crippen molar-refractivity contribution in [2.75, 3.05) is 11.6 Å². The minimum atomic E-state index is -3.29. The number of hydrogen-bond donors (Lipinski definition) is 0. The molecule has 0 aliphatic rings. The van der Waals surface area contributed by atoms with Crippen molar-refractivity contribution in [2.24, 2.45) is 0 Å². The molecule has 0 aliphatic carbocycles. The summed E-state index contributed by atoms with van der Waals surface area (Å²) in [6.07, 6.45) is 0.404. The van der Waals surface area contributed by atoms with E-state index in [4.69, 9.17) is 11.6 Å². The Hall–Kier alpha value is -0.610. The molecule has 2 nitrogen and oxygen atoms in total. The van der Waals surface area contributed by atoms with Crippen LogP contribution in [0.3, 0.4) is 0 Å². The second kappa shape index (κ2) is 4.75. The van der Waals surface area contributed by atoms with E-state index in [2.05, 4.69) is 0 Å². The lowest BCUT2D eigenvalue weighted by Crippen LogP contribution is -2.07. The smallest absolute Gasteiger partial charge is 0.178 e. The molecule has 0 radical (unpaired) electrons. The third-order valence-electron chi connectivity index (χ3n) is 1.72. The fourth-order valence-corrected chi connectivity index (χ4v) is 2.61. The molecule has 0 saturated carbocycles. The van der Waals surface area contributed by atoms with Crippen LogP contribution in [0.4, 0.5) is 4.39 Å². The molecule has 14 heavy (non-hydrogen) atoms. The maximum Gasteiger partial charge on any atom is 0.178 e. The highest BCUT2D eigenvalue weighted by molar-refractivity contribution is 7.91. The molecule has 0 N–H and O–H groups in total. The summed E-state index contributed by atoms with van der Waals surface area (Å²) in [7, 11) is -3.29. The van der Waals surface area contributed by atoms with Crippen LogP contribution in [0.25, 0.3) is 0 Å². The molecule has 0 aromatic heterocycles. The molecule has 1 rings (SSSR count). The summed E-state index contributed by atoms with van der Waals surface area (Å²) in [6.45, 7) is 0. The van der Waals surface area contributed by atoms with Gasteiger partial charge in [0.2, 0.25) is 0 Å². The van der Waals surface area contributed by atoms with Gasteiger partial charge in [-0.15, -0.1) is 11.6 Å². The SMILES string of the molecule is O=S(=O)(CCCCl)c1ccc(F)cc1. The van der Waals surface area contributed by atoms with Gasteiger partial charge in [-0.1, -0.05) is 0 Å². The summed E-state index contributed by atoms with van der Waals surface area (Å²) >= 11 is 5.40. The van der Waals surface area contributed by atoms with Crippen LogP contribution in [0.5, 0.6) is 0 Å². The van der Waals surface area contributed by atoms with Crippen molar-refractivity contribution in [3.8, 4) is 0 Å². The Kier molecular flexibility index (Phi) is 3.89. The first kappa shape index (κ1) is 11.5. The van der Waals surface area contributed by atoms with Gasteiger partial charge in [0.05, 0.1) is 10.6 Å². The molecule has 0 saturated heterocycles. The van der Waals surface area contributed by atoms with E-state index in [0.29, 0.717) is 12.3 Å². The van der Waals surface area contributed by atoms with Crippen molar-refractivity contribution in [2.45, 2.75) is 11.3 Å². The molecule has 1 aromatic carbocycles. The van der Waals surface area contributed by atoms with Gasteiger partial charge in [0.1, 0.15) is 5.82 Å². The van der Waals surface area contributed by atoms with Crippen molar-refractivity contribution in [1.82, 2.24) is 0 Å². The van der Waals surface area contributed by atoms with Crippen LogP contribution in [0.2, 0.25) is 0 Å². The van der Waals surface area contributed by atoms with Gasteiger partial charge in [-0.3, -0.25) is 0 Å².